The van der Waals surface area contributed by atoms with Crippen molar-refractivity contribution in [3.63, 3.8) is 0 Å². The molecule has 2 nitrogen and oxygen atoms in total. The Morgan fingerprint density at radius 2 is 2.25 bits per heavy atom. The molecule has 0 N–H and O–H groups in total. The summed E-state index contributed by atoms with van der Waals surface area (Å²) in [6.07, 6.45) is 1.89. The second-order valence-electron chi connectivity index (χ2n) is 4.95. The summed E-state index contributed by atoms with van der Waals surface area (Å²) in [6.45, 7) is 9.84. The average molecular weight is 255 g/mol. The Kier molecular flexibility index (Phi) is 3.07. The van der Waals surface area contributed by atoms with Crippen LogP contribution < -0.4 is 0 Å². The second-order valence-corrected chi connectivity index (χ2v) is 7.87. The van der Waals surface area contributed by atoms with E-state index < -0.39 is 11.0 Å². The van der Waals surface area contributed by atoms with E-state index in [1.807, 2.05) is 31.2 Å². The normalized spacial score (nSPS) is 31.1. The van der Waals surface area contributed by atoms with Crippen LogP contribution in [0.3, 0.4) is 0 Å². The van der Waals surface area contributed by atoms with Crippen LogP contribution in [-0.4, -0.2) is 19.3 Å². The van der Waals surface area contributed by atoms with Crippen LogP contribution in [0.5, 0.6) is 0 Å². The minimum Gasteiger partial charge on any atom is -0.242 e. The molecule has 2 rings (SSSR count). The van der Waals surface area contributed by atoms with Gasteiger partial charge in [0.15, 0.2) is 0 Å². The van der Waals surface area contributed by atoms with Gasteiger partial charge in [0.1, 0.15) is 11.0 Å². The Hall–Kier alpha value is -0.450. The maximum atomic E-state index is 12.3. The third kappa shape index (κ3) is 2.01. The molecule has 2 unspecified atom stereocenters. The zero-order valence-electron chi connectivity index (χ0n) is 9.84. The molecule has 0 amide bonds. The van der Waals surface area contributed by atoms with E-state index in [1.54, 1.807) is 11.3 Å². The molecule has 1 aromatic rings. The fourth-order valence-electron chi connectivity index (χ4n) is 1.78. The highest BCUT2D eigenvalue weighted by atomic mass is 32.2. The smallest absolute Gasteiger partial charge is 0.101 e. The van der Waals surface area contributed by atoms with E-state index >= 15 is 0 Å². The summed E-state index contributed by atoms with van der Waals surface area (Å²) in [6, 6.07) is 2.60. The summed E-state index contributed by atoms with van der Waals surface area (Å²) in [5, 5.41) is 4.19. The van der Waals surface area contributed by atoms with Crippen LogP contribution in [0.2, 0.25) is 0 Å². The Labute approximate surface area is 104 Å². The van der Waals surface area contributed by atoms with Crippen molar-refractivity contribution in [1.29, 1.82) is 0 Å². The van der Waals surface area contributed by atoms with E-state index in [2.05, 4.69) is 23.4 Å². The fourth-order valence-corrected chi connectivity index (χ4v) is 3.92. The number of nitrogens with zero attached hydrogens (tertiary/aromatic N) is 1. The van der Waals surface area contributed by atoms with Crippen LogP contribution in [-0.2, 0) is 11.0 Å². The minimum atomic E-state index is -0.956. The molecule has 0 aromatic carbocycles. The number of thiophene rings is 1. The second kappa shape index (κ2) is 4.09. The monoisotopic (exact) mass is 255 g/mol. The Balaban J connectivity index is 2.19. The predicted molar refractivity (Wildman–Crippen MR) is 70.8 cm³/mol. The highest BCUT2D eigenvalue weighted by molar-refractivity contribution is 7.84. The molecule has 0 aliphatic carbocycles. The van der Waals surface area contributed by atoms with Gasteiger partial charge in [-0.2, -0.15) is 11.3 Å². The molecule has 0 saturated carbocycles. The van der Waals surface area contributed by atoms with Crippen LogP contribution >= 0.6 is 11.3 Å². The lowest BCUT2D eigenvalue weighted by molar-refractivity contribution is 0.603. The van der Waals surface area contributed by atoms with Crippen molar-refractivity contribution >= 4 is 22.3 Å². The highest BCUT2D eigenvalue weighted by Gasteiger charge is 2.52. The van der Waals surface area contributed by atoms with Crippen molar-refractivity contribution in [2.45, 2.75) is 37.6 Å². The van der Waals surface area contributed by atoms with E-state index in [9.17, 15) is 4.21 Å². The van der Waals surface area contributed by atoms with E-state index in [0.29, 0.717) is 0 Å². The first kappa shape index (κ1) is 12.0. The average Bonchev–Trinajstić information content (AvgIpc) is 2.67. The van der Waals surface area contributed by atoms with Gasteiger partial charge in [0.25, 0.3) is 0 Å². The Bertz CT molecular complexity index is 405. The summed E-state index contributed by atoms with van der Waals surface area (Å²) in [5.41, 5.74) is 1.26. The van der Waals surface area contributed by atoms with Gasteiger partial charge in [-0.3, -0.25) is 0 Å². The van der Waals surface area contributed by atoms with Gasteiger partial charge in [-0.1, -0.05) is 6.08 Å². The van der Waals surface area contributed by atoms with Crippen LogP contribution in [0.15, 0.2) is 29.5 Å². The largest absolute Gasteiger partial charge is 0.242 e. The van der Waals surface area contributed by atoms with Gasteiger partial charge in [0.2, 0.25) is 0 Å². The zero-order valence-corrected chi connectivity index (χ0v) is 11.5. The van der Waals surface area contributed by atoms with Gasteiger partial charge in [0.05, 0.1) is 16.8 Å². The molecule has 4 atom stereocenters. The molecule has 1 aromatic heterocycles. The zero-order chi connectivity index (χ0) is 11.9. The molecular formula is C12H17NOS2. The van der Waals surface area contributed by atoms with Crippen molar-refractivity contribution in [3.05, 3.63) is 35.0 Å². The molecular weight excluding hydrogens is 238 g/mol. The molecule has 4 heteroatoms. The van der Waals surface area contributed by atoms with E-state index in [0.717, 1.165) is 0 Å². The van der Waals surface area contributed by atoms with Crippen molar-refractivity contribution in [2.75, 3.05) is 0 Å². The summed E-state index contributed by atoms with van der Waals surface area (Å²) < 4.78 is 14.1. The Morgan fingerprint density at radius 1 is 1.56 bits per heavy atom. The molecule has 2 heterocycles. The third-order valence-corrected chi connectivity index (χ3v) is 5.25. The Morgan fingerprint density at radius 3 is 2.69 bits per heavy atom. The predicted octanol–water partition coefficient (Wildman–Crippen LogP) is 3.12. The summed E-state index contributed by atoms with van der Waals surface area (Å²) in [7, 11) is -0.956. The maximum absolute atomic E-state index is 12.3. The maximum Gasteiger partial charge on any atom is 0.101 e. The third-order valence-electron chi connectivity index (χ3n) is 2.64. The molecule has 1 aliphatic heterocycles. The standard InChI is InChI=1S/C12H17NOS2/c1-5-10-11(9-6-7-15-8-9)13(10)16(14)12(2,3)4/h5-8,10-11H,1H2,2-4H3/t10-,11-,13?,16?/m1/s1. The summed E-state index contributed by atoms with van der Waals surface area (Å²) >= 11 is 1.68. The molecule has 88 valence electrons. The van der Waals surface area contributed by atoms with Gasteiger partial charge < -0.3 is 0 Å². The number of hydrogen-bond donors (Lipinski definition) is 0. The van der Waals surface area contributed by atoms with Gasteiger partial charge in [-0.15, -0.1) is 6.58 Å². The molecule has 1 aliphatic rings. The molecule has 1 saturated heterocycles. The lowest BCUT2D eigenvalue weighted by Crippen LogP contribution is -2.28. The molecule has 0 radical (unpaired) electrons. The molecule has 16 heavy (non-hydrogen) atoms. The molecule has 0 spiro atoms. The van der Waals surface area contributed by atoms with Gasteiger partial charge in [-0.05, 0) is 43.2 Å². The van der Waals surface area contributed by atoms with Crippen LogP contribution in [0, 0.1) is 0 Å². The number of hydrogen-bond acceptors (Lipinski definition) is 2. The highest BCUT2D eigenvalue weighted by Crippen LogP contribution is 2.47. The quantitative estimate of drug-likeness (QED) is 0.600. The molecule has 1 fully saturated rings. The number of rotatable bonds is 3. The van der Waals surface area contributed by atoms with Crippen LogP contribution in [0.25, 0.3) is 0 Å². The minimum absolute atomic E-state index is 0.202. The van der Waals surface area contributed by atoms with Crippen molar-refractivity contribution < 1.29 is 4.21 Å². The lowest BCUT2D eigenvalue weighted by atomic mass is 10.2. The first-order valence-corrected chi connectivity index (χ1v) is 7.36. The van der Waals surface area contributed by atoms with Crippen LogP contribution in [0.1, 0.15) is 32.4 Å². The topological polar surface area (TPSA) is 20.1 Å². The van der Waals surface area contributed by atoms with E-state index in [-0.39, 0.29) is 16.8 Å². The summed E-state index contributed by atoms with van der Waals surface area (Å²) in [4.78, 5) is 0. The van der Waals surface area contributed by atoms with E-state index in [1.165, 1.54) is 5.56 Å². The van der Waals surface area contributed by atoms with Gasteiger partial charge in [-0.25, -0.2) is 8.51 Å². The first-order valence-electron chi connectivity index (χ1n) is 5.32. The first-order chi connectivity index (χ1) is 7.46. The SMILES string of the molecule is C=C[C@@H]1[C@@H](c2ccsc2)N1S(=O)C(C)(C)C. The van der Waals surface area contributed by atoms with Crippen molar-refractivity contribution in [2.24, 2.45) is 0 Å². The van der Waals surface area contributed by atoms with Crippen LogP contribution in [0.4, 0.5) is 0 Å². The fraction of sp³-hybridized carbons (Fsp3) is 0.500. The lowest BCUT2D eigenvalue weighted by Gasteiger charge is -2.18. The van der Waals surface area contributed by atoms with E-state index in [4.69, 9.17) is 0 Å². The van der Waals surface area contributed by atoms with Crippen molar-refractivity contribution in [3.8, 4) is 0 Å². The summed E-state index contributed by atoms with van der Waals surface area (Å²) in [5.74, 6) is 0. The van der Waals surface area contributed by atoms with Gasteiger partial charge >= 0.3 is 0 Å². The van der Waals surface area contributed by atoms with Gasteiger partial charge in [0, 0.05) is 0 Å². The van der Waals surface area contributed by atoms with Crippen molar-refractivity contribution in [1.82, 2.24) is 4.31 Å². The molecule has 0 bridgehead atoms.